The lowest BCUT2D eigenvalue weighted by Gasteiger charge is -2.09. The average molecular weight is 426 g/mol. The van der Waals surface area contributed by atoms with Crippen LogP contribution in [0.4, 0.5) is 11.5 Å². The van der Waals surface area contributed by atoms with Crippen LogP contribution < -0.4 is 10.6 Å². The standard InChI is InChI=1S/C21H17Cl2N5O/c22-14-5-6-16(23)18(9-14)28-21(29)19-10-20(27-12-26-19)24-8-7-13-11-25-17-4-2-1-3-15(13)17/h1-6,9-12,25H,7-8H2,(H,28,29)(H,24,26,27). The number of nitrogens with zero attached hydrogens (tertiary/aromatic N) is 2. The number of hydrogen-bond acceptors (Lipinski definition) is 4. The number of para-hydroxylation sites is 1. The lowest BCUT2D eigenvalue weighted by atomic mass is 10.1. The van der Waals surface area contributed by atoms with Crippen LogP contribution >= 0.6 is 23.2 Å². The molecule has 0 aliphatic rings. The molecule has 1 amide bonds. The fourth-order valence-corrected chi connectivity index (χ4v) is 3.36. The fourth-order valence-electron chi connectivity index (χ4n) is 3.02. The minimum atomic E-state index is -0.392. The largest absolute Gasteiger partial charge is 0.370 e. The number of anilines is 2. The van der Waals surface area contributed by atoms with Crippen molar-refractivity contribution in [3.63, 3.8) is 0 Å². The summed E-state index contributed by atoms with van der Waals surface area (Å²) in [5.74, 6) is 0.179. The molecule has 4 aromatic rings. The molecule has 0 saturated carbocycles. The highest BCUT2D eigenvalue weighted by molar-refractivity contribution is 6.35. The molecule has 2 heterocycles. The number of aromatic amines is 1. The number of benzene rings is 2. The maximum Gasteiger partial charge on any atom is 0.274 e. The number of H-pyrrole nitrogens is 1. The Hall–Kier alpha value is -3.09. The zero-order valence-corrected chi connectivity index (χ0v) is 16.8. The number of carbonyl (C=O) groups excluding carboxylic acids is 1. The molecule has 0 atom stereocenters. The van der Waals surface area contributed by atoms with E-state index in [4.69, 9.17) is 23.2 Å². The van der Waals surface area contributed by atoms with Gasteiger partial charge in [-0.25, -0.2) is 9.97 Å². The predicted octanol–water partition coefficient (Wildman–Crippen LogP) is 5.17. The second-order valence-corrected chi connectivity index (χ2v) is 7.25. The molecule has 6 nitrogen and oxygen atoms in total. The number of rotatable bonds is 6. The van der Waals surface area contributed by atoms with Gasteiger partial charge in [-0.05, 0) is 36.2 Å². The first-order valence-electron chi connectivity index (χ1n) is 8.97. The lowest BCUT2D eigenvalue weighted by Crippen LogP contribution is -2.15. The first-order chi connectivity index (χ1) is 14.1. The van der Waals surface area contributed by atoms with Gasteiger partial charge in [0, 0.05) is 34.7 Å². The maximum atomic E-state index is 12.5. The van der Waals surface area contributed by atoms with E-state index in [2.05, 4.69) is 31.7 Å². The van der Waals surface area contributed by atoms with Crippen LogP contribution in [0.15, 0.2) is 61.1 Å². The van der Waals surface area contributed by atoms with E-state index in [1.807, 2.05) is 24.4 Å². The molecule has 0 spiro atoms. The Morgan fingerprint density at radius 2 is 1.93 bits per heavy atom. The molecule has 29 heavy (non-hydrogen) atoms. The zero-order valence-electron chi connectivity index (χ0n) is 15.2. The van der Waals surface area contributed by atoms with E-state index >= 15 is 0 Å². The highest BCUT2D eigenvalue weighted by atomic mass is 35.5. The first kappa shape index (κ1) is 19.2. The Morgan fingerprint density at radius 1 is 1.07 bits per heavy atom. The number of halogens is 2. The molecular weight excluding hydrogens is 409 g/mol. The van der Waals surface area contributed by atoms with E-state index in [1.165, 1.54) is 17.3 Å². The summed E-state index contributed by atoms with van der Waals surface area (Å²) < 4.78 is 0. The van der Waals surface area contributed by atoms with E-state index < -0.39 is 5.91 Å². The number of carbonyl (C=O) groups is 1. The van der Waals surface area contributed by atoms with Crippen LogP contribution in [-0.4, -0.2) is 27.4 Å². The van der Waals surface area contributed by atoms with Gasteiger partial charge in [-0.2, -0.15) is 0 Å². The molecule has 0 bridgehead atoms. The van der Waals surface area contributed by atoms with Crippen LogP contribution in [0.5, 0.6) is 0 Å². The molecule has 2 aromatic carbocycles. The SMILES string of the molecule is O=C(Nc1cc(Cl)ccc1Cl)c1cc(NCCc2c[nH]c3ccccc23)ncn1. The summed E-state index contributed by atoms with van der Waals surface area (Å²) in [5.41, 5.74) is 2.99. The van der Waals surface area contributed by atoms with Gasteiger partial charge in [-0.3, -0.25) is 4.79 Å². The molecule has 0 aliphatic heterocycles. The number of aromatic nitrogens is 3. The van der Waals surface area contributed by atoms with Crippen molar-refractivity contribution in [3.8, 4) is 0 Å². The third-order valence-corrected chi connectivity index (χ3v) is 5.02. The minimum Gasteiger partial charge on any atom is -0.370 e. The molecule has 4 rings (SSSR count). The molecular formula is C21H17Cl2N5O. The summed E-state index contributed by atoms with van der Waals surface area (Å²) >= 11 is 12.1. The van der Waals surface area contributed by atoms with Crippen molar-refractivity contribution < 1.29 is 4.79 Å². The highest BCUT2D eigenvalue weighted by Crippen LogP contribution is 2.26. The summed E-state index contributed by atoms with van der Waals surface area (Å²) in [5, 5.41) is 8.03. The third kappa shape index (κ3) is 4.50. The Kier molecular flexibility index (Phi) is 5.64. The molecule has 0 saturated heterocycles. The zero-order chi connectivity index (χ0) is 20.2. The van der Waals surface area contributed by atoms with Crippen LogP contribution in [-0.2, 0) is 6.42 Å². The van der Waals surface area contributed by atoms with E-state index in [0.29, 0.717) is 28.1 Å². The van der Waals surface area contributed by atoms with Gasteiger partial charge in [-0.1, -0.05) is 41.4 Å². The fraction of sp³-hybridized carbons (Fsp3) is 0.0952. The van der Waals surface area contributed by atoms with E-state index in [9.17, 15) is 4.79 Å². The van der Waals surface area contributed by atoms with E-state index in [1.54, 1.807) is 24.3 Å². The Balaban J connectivity index is 1.40. The molecule has 0 aliphatic carbocycles. The number of hydrogen-bond donors (Lipinski definition) is 3. The van der Waals surface area contributed by atoms with Crippen LogP contribution in [0.2, 0.25) is 10.0 Å². The van der Waals surface area contributed by atoms with Crippen LogP contribution in [0.3, 0.4) is 0 Å². The Morgan fingerprint density at radius 3 is 2.83 bits per heavy atom. The predicted molar refractivity (Wildman–Crippen MR) is 117 cm³/mol. The van der Waals surface area contributed by atoms with E-state index in [-0.39, 0.29) is 5.69 Å². The highest BCUT2D eigenvalue weighted by Gasteiger charge is 2.12. The topological polar surface area (TPSA) is 82.7 Å². The minimum absolute atomic E-state index is 0.227. The normalized spacial score (nSPS) is 10.8. The Bertz CT molecular complexity index is 1170. The molecule has 2 aromatic heterocycles. The average Bonchev–Trinajstić information content (AvgIpc) is 3.14. The summed E-state index contributed by atoms with van der Waals surface area (Å²) in [6, 6.07) is 14.6. The monoisotopic (exact) mass is 425 g/mol. The van der Waals surface area contributed by atoms with Crippen molar-refractivity contribution in [2.75, 3.05) is 17.2 Å². The summed E-state index contributed by atoms with van der Waals surface area (Å²) in [6.45, 7) is 0.667. The van der Waals surface area contributed by atoms with Gasteiger partial charge in [0.1, 0.15) is 17.8 Å². The quantitative estimate of drug-likeness (QED) is 0.397. The van der Waals surface area contributed by atoms with Crippen molar-refractivity contribution >= 4 is 51.5 Å². The Labute approximate surface area is 177 Å². The molecule has 146 valence electrons. The molecule has 0 unspecified atom stereocenters. The number of amides is 1. The van der Waals surface area contributed by atoms with Gasteiger partial charge in [-0.15, -0.1) is 0 Å². The summed E-state index contributed by atoms with van der Waals surface area (Å²) in [6.07, 6.45) is 4.18. The molecule has 0 radical (unpaired) electrons. The van der Waals surface area contributed by atoms with Crippen LogP contribution in [0.1, 0.15) is 16.1 Å². The second-order valence-electron chi connectivity index (χ2n) is 6.40. The van der Waals surface area contributed by atoms with E-state index in [0.717, 1.165) is 11.9 Å². The third-order valence-electron chi connectivity index (χ3n) is 4.45. The smallest absolute Gasteiger partial charge is 0.274 e. The lowest BCUT2D eigenvalue weighted by molar-refractivity contribution is 0.102. The summed E-state index contributed by atoms with van der Waals surface area (Å²) in [7, 11) is 0. The summed E-state index contributed by atoms with van der Waals surface area (Å²) in [4.78, 5) is 24.0. The van der Waals surface area contributed by atoms with Crippen molar-refractivity contribution in [3.05, 3.63) is 82.4 Å². The second kappa shape index (κ2) is 8.51. The van der Waals surface area contributed by atoms with Crippen molar-refractivity contribution in [2.45, 2.75) is 6.42 Å². The number of nitrogens with one attached hydrogen (secondary N) is 3. The van der Waals surface area contributed by atoms with Crippen LogP contribution in [0, 0.1) is 0 Å². The maximum absolute atomic E-state index is 12.5. The first-order valence-corrected chi connectivity index (χ1v) is 9.73. The van der Waals surface area contributed by atoms with Gasteiger partial charge in [0.05, 0.1) is 10.7 Å². The van der Waals surface area contributed by atoms with Crippen molar-refractivity contribution in [1.82, 2.24) is 15.0 Å². The molecule has 0 fully saturated rings. The molecule has 8 heteroatoms. The van der Waals surface area contributed by atoms with Gasteiger partial charge in [0.2, 0.25) is 0 Å². The van der Waals surface area contributed by atoms with Crippen molar-refractivity contribution in [2.24, 2.45) is 0 Å². The van der Waals surface area contributed by atoms with Gasteiger partial charge >= 0.3 is 0 Å². The van der Waals surface area contributed by atoms with Crippen molar-refractivity contribution in [1.29, 1.82) is 0 Å². The van der Waals surface area contributed by atoms with Gasteiger partial charge in [0.25, 0.3) is 5.91 Å². The van der Waals surface area contributed by atoms with Gasteiger partial charge < -0.3 is 15.6 Å². The molecule has 3 N–H and O–H groups in total. The number of fused-ring (bicyclic) bond motifs is 1. The van der Waals surface area contributed by atoms with Gasteiger partial charge in [0.15, 0.2) is 0 Å². The van der Waals surface area contributed by atoms with Crippen LogP contribution in [0.25, 0.3) is 10.9 Å².